The Balaban J connectivity index is 1.87. The van der Waals surface area contributed by atoms with Crippen LogP contribution in [-0.2, 0) is 6.42 Å². The molecule has 0 spiro atoms. The number of benzene rings is 2. The Morgan fingerprint density at radius 1 is 1.10 bits per heavy atom. The number of carbonyl (C=O) groups is 1. The number of nitrogens with zero attached hydrogens (tertiary/aromatic N) is 3. The number of fused-ring (bicyclic) bond motifs is 1. The van der Waals surface area contributed by atoms with Gasteiger partial charge in [-0.15, -0.1) is 0 Å². The molecular formula is C23H25N5O3. The molecule has 1 aliphatic rings. The number of H-pyrrole nitrogens is 1. The number of ether oxygens (including phenoxy) is 2. The molecule has 8 heteroatoms. The number of nitrogens with one attached hydrogen (secondary N) is 2. The van der Waals surface area contributed by atoms with Gasteiger partial charge in [-0.05, 0) is 42.7 Å². The second-order valence-electron chi connectivity index (χ2n) is 7.31. The minimum atomic E-state index is -0.259. The number of hydrogen-bond donors (Lipinski definition) is 2. The van der Waals surface area contributed by atoms with Gasteiger partial charge in [0.15, 0.2) is 11.5 Å². The fourth-order valence-corrected chi connectivity index (χ4v) is 3.77. The summed E-state index contributed by atoms with van der Waals surface area (Å²) >= 11 is 0. The quantitative estimate of drug-likeness (QED) is 0.678. The van der Waals surface area contributed by atoms with Crippen molar-refractivity contribution in [3.05, 3.63) is 65.4 Å². The molecule has 3 aromatic rings. The Morgan fingerprint density at radius 2 is 1.77 bits per heavy atom. The number of amides is 2. The number of carbonyl (C=O) groups excluding carboxylic acids is 1. The van der Waals surface area contributed by atoms with Crippen LogP contribution in [0, 0.1) is 0 Å². The van der Waals surface area contributed by atoms with E-state index < -0.39 is 0 Å². The lowest BCUT2D eigenvalue weighted by molar-refractivity contribution is 0.184. The number of hydrazone groups is 1. The minimum absolute atomic E-state index is 0.140. The maximum atomic E-state index is 12.6. The van der Waals surface area contributed by atoms with Crippen molar-refractivity contribution in [2.24, 2.45) is 5.10 Å². The fourth-order valence-electron chi connectivity index (χ4n) is 3.77. The van der Waals surface area contributed by atoms with Gasteiger partial charge in [-0.3, -0.25) is 5.10 Å². The third-order valence-electron chi connectivity index (χ3n) is 5.40. The predicted octanol–water partition coefficient (Wildman–Crippen LogP) is 3.43. The zero-order chi connectivity index (χ0) is 22.0. The summed E-state index contributed by atoms with van der Waals surface area (Å²) in [5, 5.41) is 15.9. The Labute approximate surface area is 180 Å². The topological polar surface area (TPSA) is 91.8 Å². The molecule has 8 nitrogen and oxygen atoms in total. The summed E-state index contributed by atoms with van der Waals surface area (Å²) in [6.45, 7) is 1.98. The number of hydrogen-bond acceptors (Lipinski definition) is 5. The molecule has 1 atom stereocenters. The molecule has 160 valence electrons. The van der Waals surface area contributed by atoms with Gasteiger partial charge in [-0.2, -0.15) is 10.2 Å². The lowest BCUT2D eigenvalue weighted by Crippen LogP contribution is -2.41. The second-order valence-corrected chi connectivity index (χ2v) is 7.31. The number of methoxy groups -OCH3 is 2. The summed E-state index contributed by atoms with van der Waals surface area (Å²) in [5.41, 5.74) is 5.47. The lowest BCUT2D eigenvalue weighted by Gasteiger charge is -2.22. The molecule has 31 heavy (non-hydrogen) atoms. The van der Waals surface area contributed by atoms with Crippen molar-refractivity contribution in [2.45, 2.75) is 19.4 Å². The first-order valence-electron chi connectivity index (χ1n) is 10.0. The molecule has 1 aromatic heterocycles. The Bertz CT molecular complexity index is 1110. The number of rotatable bonds is 4. The van der Waals surface area contributed by atoms with Crippen LogP contribution in [0.4, 0.5) is 4.79 Å². The van der Waals surface area contributed by atoms with Crippen molar-refractivity contribution < 1.29 is 14.3 Å². The highest BCUT2D eigenvalue weighted by molar-refractivity contribution is 6.14. The predicted molar refractivity (Wildman–Crippen MR) is 119 cm³/mol. The summed E-state index contributed by atoms with van der Waals surface area (Å²) in [4.78, 5) is 12.6. The van der Waals surface area contributed by atoms with Gasteiger partial charge in [-0.25, -0.2) is 9.80 Å². The highest BCUT2D eigenvalue weighted by atomic mass is 16.5. The zero-order valence-electron chi connectivity index (χ0n) is 18.0. The van der Waals surface area contributed by atoms with E-state index in [1.807, 2.05) is 49.4 Å². The van der Waals surface area contributed by atoms with Crippen molar-refractivity contribution in [1.29, 1.82) is 0 Å². The van der Waals surface area contributed by atoms with E-state index in [4.69, 9.17) is 14.6 Å². The standard InChI is InChI=1S/C23H25N5O3/c1-14-11-17-12-20(30-3)21(31-4)13-18(17)22(27-28(14)23(29)24-2)16-7-5-15(6-8-16)19-9-10-25-26-19/h5-10,12-14H,11H2,1-4H3,(H,24,29)(H,25,26). The number of aromatic nitrogens is 2. The first kappa shape index (κ1) is 20.5. The molecule has 0 radical (unpaired) electrons. The molecule has 0 saturated carbocycles. The molecular weight excluding hydrogens is 394 g/mol. The molecule has 0 bridgehead atoms. The van der Waals surface area contributed by atoms with E-state index >= 15 is 0 Å². The average Bonchev–Trinajstić information content (AvgIpc) is 3.30. The van der Waals surface area contributed by atoms with E-state index in [1.165, 1.54) is 5.01 Å². The summed E-state index contributed by atoms with van der Waals surface area (Å²) in [7, 11) is 4.83. The van der Waals surface area contributed by atoms with E-state index in [1.54, 1.807) is 27.5 Å². The van der Waals surface area contributed by atoms with Crippen molar-refractivity contribution in [3.8, 4) is 22.8 Å². The maximum absolute atomic E-state index is 12.6. The maximum Gasteiger partial charge on any atom is 0.337 e. The van der Waals surface area contributed by atoms with E-state index in [2.05, 4.69) is 15.5 Å². The highest BCUT2D eigenvalue weighted by Crippen LogP contribution is 2.34. The third kappa shape index (κ3) is 3.84. The highest BCUT2D eigenvalue weighted by Gasteiger charge is 2.28. The van der Waals surface area contributed by atoms with Gasteiger partial charge in [0, 0.05) is 24.4 Å². The van der Waals surface area contributed by atoms with Crippen LogP contribution in [0.1, 0.15) is 23.6 Å². The second kappa shape index (κ2) is 8.51. The van der Waals surface area contributed by atoms with Crippen molar-refractivity contribution in [3.63, 3.8) is 0 Å². The van der Waals surface area contributed by atoms with E-state index in [0.29, 0.717) is 23.6 Å². The molecule has 0 fully saturated rings. The van der Waals surface area contributed by atoms with Crippen molar-refractivity contribution in [2.75, 3.05) is 21.3 Å². The lowest BCUT2D eigenvalue weighted by atomic mass is 9.93. The molecule has 2 N–H and O–H groups in total. The van der Waals surface area contributed by atoms with Crippen LogP contribution in [0.15, 0.2) is 53.8 Å². The van der Waals surface area contributed by atoms with Gasteiger partial charge < -0.3 is 14.8 Å². The van der Waals surface area contributed by atoms with Gasteiger partial charge in [0.25, 0.3) is 0 Å². The third-order valence-corrected chi connectivity index (χ3v) is 5.40. The number of aromatic amines is 1. The van der Waals surface area contributed by atoms with Crippen molar-refractivity contribution in [1.82, 2.24) is 20.5 Å². The first-order valence-corrected chi connectivity index (χ1v) is 10.0. The van der Waals surface area contributed by atoms with E-state index in [9.17, 15) is 4.79 Å². The summed E-state index contributed by atoms with van der Waals surface area (Å²) < 4.78 is 11.0. The monoisotopic (exact) mass is 419 g/mol. The zero-order valence-corrected chi connectivity index (χ0v) is 18.0. The summed E-state index contributed by atoms with van der Waals surface area (Å²) in [6.07, 6.45) is 2.35. The van der Waals surface area contributed by atoms with E-state index in [0.717, 1.165) is 27.9 Å². The normalized spacial score (nSPS) is 15.5. The van der Waals surface area contributed by atoms with Crippen LogP contribution in [0.2, 0.25) is 0 Å². The fraction of sp³-hybridized carbons (Fsp3) is 0.261. The SMILES string of the molecule is CNC(=O)N1N=C(c2ccc(-c3ccn[nH]3)cc2)c2cc(OC)c(OC)cc2CC1C. The Morgan fingerprint density at radius 3 is 2.39 bits per heavy atom. The molecule has 4 rings (SSSR count). The molecule has 1 unspecified atom stereocenters. The van der Waals surface area contributed by atoms with Crippen molar-refractivity contribution >= 4 is 11.7 Å². The van der Waals surface area contributed by atoms with Gasteiger partial charge in [0.1, 0.15) is 0 Å². The van der Waals surface area contributed by atoms with Crippen LogP contribution in [-0.4, -0.2) is 54.3 Å². The van der Waals surface area contributed by atoms with Crippen LogP contribution < -0.4 is 14.8 Å². The van der Waals surface area contributed by atoms with Gasteiger partial charge >= 0.3 is 6.03 Å². The molecule has 0 aliphatic carbocycles. The molecule has 0 saturated heterocycles. The largest absolute Gasteiger partial charge is 0.493 e. The molecule has 2 amide bonds. The average molecular weight is 419 g/mol. The van der Waals surface area contributed by atoms with E-state index in [-0.39, 0.29) is 12.1 Å². The summed E-state index contributed by atoms with van der Waals surface area (Å²) in [6, 6.07) is 13.4. The molecule has 1 aliphatic heterocycles. The van der Waals surface area contributed by atoms with Gasteiger partial charge in [-0.1, -0.05) is 24.3 Å². The molecule has 2 heterocycles. The first-order chi connectivity index (χ1) is 15.0. The van der Waals surface area contributed by atoms with Crippen LogP contribution in [0.5, 0.6) is 11.5 Å². The van der Waals surface area contributed by atoms with Crippen LogP contribution in [0.25, 0.3) is 11.3 Å². The summed E-state index contributed by atoms with van der Waals surface area (Å²) in [5.74, 6) is 1.26. The smallest absolute Gasteiger partial charge is 0.337 e. The number of urea groups is 1. The Hall–Kier alpha value is -3.81. The minimum Gasteiger partial charge on any atom is -0.493 e. The Kier molecular flexibility index (Phi) is 5.62. The molecule has 2 aromatic carbocycles. The van der Waals surface area contributed by atoms with Gasteiger partial charge in [0.05, 0.1) is 31.7 Å². The van der Waals surface area contributed by atoms with Crippen LogP contribution >= 0.6 is 0 Å². The van der Waals surface area contributed by atoms with Crippen LogP contribution in [0.3, 0.4) is 0 Å². The van der Waals surface area contributed by atoms with Gasteiger partial charge in [0.2, 0.25) is 0 Å².